The van der Waals surface area contributed by atoms with E-state index in [9.17, 15) is 0 Å². The van der Waals surface area contributed by atoms with Crippen LogP contribution >= 0.6 is 28.6 Å². The Labute approximate surface area is 95.4 Å². The average Bonchev–Trinajstić information content (AvgIpc) is 2.04. The van der Waals surface area contributed by atoms with E-state index in [1.54, 1.807) is 0 Å². The Morgan fingerprint density at radius 3 is 2.77 bits per heavy atom. The van der Waals surface area contributed by atoms with Crippen molar-refractivity contribution in [2.24, 2.45) is 17.6 Å². The summed E-state index contributed by atoms with van der Waals surface area (Å²) in [5.74, 6) is 2.59. The first-order chi connectivity index (χ1) is 6.09. The Hall–Kier alpha value is 0.790. The molecule has 0 aromatic rings. The molecule has 0 heterocycles. The number of alkyl halides is 1. The third kappa shape index (κ3) is 3.45. The van der Waals surface area contributed by atoms with Gasteiger partial charge in [-0.15, -0.1) is 0 Å². The first kappa shape index (κ1) is 11.9. The molecule has 1 rings (SSSR count). The quantitative estimate of drug-likeness (QED) is 0.596. The van der Waals surface area contributed by atoms with Crippen LogP contribution in [0.25, 0.3) is 0 Å². The smallest absolute Gasteiger partial charge is 0.0232 e. The molecule has 2 unspecified atom stereocenters. The number of thiol groups is 1. The van der Waals surface area contributed by atoms with Crippen molar-refractivity contribution in [2.75, 3.05) is 12.3 Å². The molecule has 0 saturated heterocycles. The molecule has 78 valence electrons. The molecule has 3 heteroatoms. The SMILES string of the molecule is C[C@@]1(Br)CCC(CS)C(CCN)C1. The van der Waals surface area contributed by atoms with E-state index >= 15 is 0 Å². The van der Waals surface area contributed by atoms with Gasteiger partial charge in [0.15, 0.2) is 0 Å². The number of rotatable bonds is 3. The Bertz CT molecular complexity index is 161. The van der Waals surface area contributed by atoms with Crippen molar-refractivity contribution in [3.05, 3.63) is 0 Å². The lowest BCUT2D eigenvalue weighted by Crippen LogP contribution is -2.34. The van der Waals surface area contributed by atoms with Gasteiger partial charge in [-0.1, -0.05) is 15.9 Å². The van der Waals surface area contributed by atoms with Gasteiger partial charge in [0.25, 0.3) is 0 Å². The minimum absolute atomic E-state index is 0.353. The zero-order chi connectivity index (χ0) is 9.90. The molecule has 3 atom stereocenters. The predicted octanol–water partition coefficient (Wildman–Crippen LogP) is 2.83. The molecule has 1 nitrogen and oxygen atoms in total. The van der Waals surface area contributed by atoms with Crippen LogP contribution in [0.5, 0.6) is 0 Å². The Balaban J connectivity index is 2.52. The number of halogens is 1. The summed E-state index contributed by atoms with van der Waals surface area (Å²) in [7, 11) is 0. The van der Waals surface area contributed by atoms with Crippen LogP contribution in [0, 0.1) is 11.8 Å². The highest BCUT2D eigenvalue weighted by Crippen LogP contribution is 2.43. The highest BCUT2D eigenvalue weighted by molar-refractivity contribution is 9.10. The zero-order valence-corrected chi connectivity index (χ0v) is 10.8. The van der Waals surface area contributed by atoms with Crippen LogP contribution in [0.4, 0.5) is 0 Å². The number of hydrogen-bond donors (Lipinski definition) is 2. The van der Waals surface area contributed by atoms with Crippen LogP contribution in [0.1, 0.15) is 32.6 Å². The fourth-order valence-electron chi connectivity index (χ4n) is 2.33. The van der Waals surface area contributed by atoms with Crippen LogP contribution < -0.4 is 5.73 Å². The standard InChI is InChI=1S/C10H20BrNS/c1-10(11)4-2-9(7-13)8(6-10)3-5-12/h8-9,13H,2-7,12H2,1H3/t8?,9?,10-/m1/s1. The maximum absolute atomic E-state index is 5.62. The van der Waals surface area contributed by atoms with Crippen molar-refractivity contribution in [3.8, 4) is 0 Å². The monoisotopic (exact) mass is 265 g/mol. The normalized spacial score (nSPS) is 40.6. The van der Waals surface area contributed by atoms with Crippen LogP contribution in [-0.2, 0) is 0 Å². The summed E-state index contributed by atoms with van der Waals surface area (Å²) in [5, 5.41) is 0. The summed E-state index contributed by atoms with van der Waals surface area (Å²) in [5.41, 5.74) is 5.62. The molecule has 0 aromatic carbocycles. The number of hydrogen-bond acceptors (Lipinski definition) is 2. The van der Waals surface area contributed by atoms with E-state index in [1.165, 1.54) is 19.3 Å². The van der Waals surface area contributed by atoms with E-state index in [0.29, 0.717) is 4.32 Å². The highest BCUT2D eigenvalue weighted by Gasteiger charge is 2.34. The lowest BCUT2D eigenvalue weighted by atomic mass is 9.74. The summed E-state index contributed by atoms with van der Waals surface area (Å²) in [4.78, 5) is 0. The second-order valence-electron chi connectivity index (χ2n) is 4.44. The average molecular weight is 266 g/mol. The van der Waals surface area contributed by atoms with Crippen molar-refractivity contribution < 1.29 is 0 Å². The Morgan fingerprint density at radius 1 is 1.54 bits per heavy atom. The van der Waals surface area contributed by atoms with Gasteiger partial charge in [0, 0.05) is 4.32 Å². The van der Waals surface area contributed by atoms with E-state index in [1.807, 2.05) is 0 Å². The molecule has 13 heavy (non-hydrogen) atoms. The molecule has 0 aromatic heterocycles. The van der Waals surface area contributed by atoms with E-state index in [2.05, 4.69) is 35.5 Å². The minimum atomic E-state index is 0.353. The fourth-order valence-corrected chi connectivity index (χ4v) is 3.46. The molecule has 0 spiro atoms. The van der Waals surface area contributed by atoms with Crippen LogP contribution in [-0.4, -0.2) is 16.6 Å². The van der Waals surface area contributed by atoms with Gasteiger partial charge >= 0.3 is 0 Å². The second kappa shape index (κ2) is 5.04. The van der Waals surface area contributed by atoms with Crippen molar-refractivity contribution in [3.63, 3.8) is 0 Å². The third-order valence-corrected chi connectivity index (χ3v) is 4.35. The lowest BCUT2D eigenvalue weighted by molar-refractivity contribution is 0.221. The topological polar surface area (TPSA) is 26.0 Å². The summed E-state index contributed by atoms with van der Waals surface area (Å²) < 4.78 is 0.353. The van der Waals surface area contributed by atoms with E-state index in [4.69, 9.17) is 5.73 Å². The summed E-state index contributed by atoms with van der Waals surface area (Å²) in [6, 6.07) is 0. The van der Waals surface area contributed by atoms with Gasteiger partial charge in [0.2, 0.25) is 0 Å². The molecule has 0 bridgehead atoms. The Kier molecular flexibility index (Phi) is 4.59. The van der Waals surface area contributed by atoms with Crippen LogP contribution in [0.15, 0.2) is 0 Å². The van der Waals surface area contributed by atoms with Gasteiger partial charge in [0.1, 0.15) is 0 Å². The number of nitrogens with two attached hydrogens (primary N) is 1. The van der Waals surface area contributed by atoms with Crippen molar-refractivity contribution in [1.29, 1.82) is 0 Å². The molecule has 0 aliphatic heterocycles. The van der Waals surface area contributed by atoms with Crippen molar-refractivity contribution >= 4 is 28.6 Å². The molecule has 1 aliphatic carbocycles. The lowest BCUT2D eigenvalue weighted by Gasteiger charge is -2.39. The highest BCUT2D eigenvalue weighted by atomic mass is 79.9. The van der Waals surface area contributed by atoms with E-state index in [0.717, 1.165) is 30.6 Å². The fraction of sp³-hybridized carbons (Fsp3) is 1.00. The molecular weight excluding hydrogens is 246 g/mol. The summed E-state index contributed by atoms with van der Waals surface area (Å²) in [6.07, 6.45) is 5.00. The third-order valence-electron chi connectivity index (χ3n) is 3.16. The predicted molar refractivity (Wildman–Crippen MR) is 65.7 cm³/mol. The van der Waals surface area contributed by atoms with Crippen molar-refractivity contribution in [1.82, 2.24) is 0 Å². The zero-order valence-electron chi connectivity index (χ0n) is 8.30. The molecule has 1 aliphatic rings. The molecule has 0 amide bonds. The van der Waals surface area contributed by atoms with Crippen LogP contribution in [0.2, 0.25) is 0 Å². The van der Waals surface area contributed by atoms with Gasteiger partial charge in [-0.3, -0.25) is 0 Å². The van der Waals surface area contributed by atoms with Crippen molar-refractivity contribution in [2.45, 2.75) is 36.9 Å². The van der Waals surface area contributed by atoms with Gasteiger partial charge in [-0.05, 0) is 56.7 Å². The molecule has 1 saturated carbocycles. The van der Waals surface area contributed by atoms with Gasteiger partial charge in [0.05, 0.1) is 0 Å². The summed E-state index contributed by atoms with van der Waals surface area (Å²) >= 11 is 8.21. The van der Waals surface area contributed by atoms with Gasteiger partial charge in [-0.2, -0.15) is 12.6 Å². The molecule has 0 radical (unpaired) electrons. The van der Waals surface area contributed by atoms with E-state index in [-0.39, 0.29) is 0 Å². The maximum Gasteiger partial charge on any atom is 0.0232 e. The van der Waals surface area contributed by atoms with Crippen LogP contribution in [0.3, 0.4) is 0 Å². The minimum Gasteiger partial charge on any atom is -0.330 e. The maximum atomic E-state index is 5.62. The first-order valence-electron chi connectivity index (χ1n) is 5.09. The molecule has 1 fully saturated rings. The second-order valence-corrected chi connectivity index (χ2v) is 6.72. The summed E-state index contributed by atoms with van der Waals surface area (Å²) in [6.45, 7) is 3.11. The van der Waals surface area contributed by atoms with Gasteiger partial charge in [-0.25, -0.2) is 0 Å². The Morgan fingerprint density at radius 2 is 2.23 bits per heavy atom. The first-order valence-corrected chi connectivity index (χ1v) is 6.51. The molecular formula is C10H20BrNS. The van der Waals surface area contributed by atoms with E-state index < -0.39 is 0 Å². The molecule has 2 N–H and O–H groups in total. The largest absolute Gasteiger partial charge is 0.330 e. The van der Waals surface area contributed by atoms with Gasteiger partial charge < -0.3 is 5.73 Å².